The average molecular weight is 272 g/mol. The third-order valence-electron chi connectivity index (χ3n) is 3.63. The fourth-order valence-electron chi connectivity index (χ4n) is 2.35. The summed E-state index contributed by atoms with van der Waals surface area (Å²) in [5.74, 6) is -0.215. The largest absolute Gasteiger partial charge is 0.469 e. The Morgan fingerprint density at radius 3 is 2.70 bits per heavy atom. The van der Waals surface area contributed by atoms with Crippen molar-refractivity contribution < 1.29 is 9.53 Å². The van der Waals surface area contributed by atoms with Crippen molar-refractivity contribution in [2.45, 2.75) is 38.3 Å². The van der Waals surface area contributed by atoms with Crippen molar-refractivity contribution in [2.75, 3.05) is 13.7 Å². The molecule has 0 amide bonds. The Balaban J connectivity index is 2.06. The van der Waals surface area contributed by atoms with Gasteiger partial charge in [-0.25, -0.2) is 0 Å². The number of methoxy groups -OCH3 is 1. The number of hydrogen-bond acceptors (Lipinski definition) is 4. The summed E-state index contributed by atoms with van der Waals surface area (Å²) in [5, 5.41) is 8.75. The maximum atomic E-state index is 11.5. The Labute approximate surface area is 120 Å². The number of hydrogen-bond donors (Lipinski definition) is 0. The lowest BCUT2D eigenvalue weighted by atomic mass is 10.0. The van der Waals surface area contributed by atoms with Crippen LogP contribution in [0.15, 0.2) is 24.3 Å². The highest BCUT2D eigenvalue weighted by Gasteiger charge is 2.28. The molecule has 0 N–H and O–H groups in total. The molecule has 1 aliphatic rings. The van der Waals surface area contributed by atoms with Crippen molar-refractivity contribution >= 4 is 5.97 Å². The summed E-state index contributed by atoms with van der Waals surface area (Å²) < 4.78 is 4.74. The van der Waals surface area contributed by atoms with Crippen LogP contribution >= 0.6 is 0 Å². The fourth-order valence-corrected chi connectivity index (χ4v) is 2.35. The molecule has 0 spiro atoms. The minimum absolute atomic E-state index is 0.215. The smallest absolute Gasteiger partial charge is 0.309 e. The molecule has 0 unspecified atom stereocenters. The van der Waals surface area contributed by atoms with E-state index in [1.807, 2.05) is 18.2 Å². The number of nitriles is 1. The van der Waals surface area contributed by atoms with E-state index in [1.165, 1.54) is 20.0 Å². The zero-order valence-corrected chi connectivity index (χ0v) is 11.8. The molecule has 0 aromatic heterocycles. The van der Waals surface area contributed by atoms with Gasteiger partial charge in [-0.2, -0.15) is 5.26 Å². The SMILES string of the molecule is COC(=O)Cc1ccccc1CN(CCC#N)C1CC1. The van der Waals surface area contributed by atoms with Gasteiger partial charge >= 0.3 is 5.97 Å². The lowest BCUT2D eigenvalue weighted by Crippen LogP contribution is -2.27. The van der Waals surface area contributed by atoms with Crippen LogP contribution in [0.5, 0.6) is 0 Å². The number of rotatable bonds is 7. The van der Waals surface area contributed by atoms with Gasteiger partial charge in [-0.3, -0.25) is 9.69 Å². The average Bonchev–Trinajstić information content (AvgIpc) is 3.29. The number of carbonyl (C=O) groups excluding carboxylic acids is 1. The number of ether oxygens (including phenoxy) is 1. The molecule has 20 heavy (non-hydrogen) atoms. The second-order valence-electron chi connectivity index (χ2n) is 5.13. The number of benzene rings is 1. The van der Waals surface area contributed by atoms with Gasteiger partial charge in [0.05, 0.1) is 19.6 Å². The van der Waals surface area contributed by atoms with Gasteiger partial charge in [0.1, 0.15) is 0 Å². The zero-order chi connectivity index (χ0) is 14.4. The van der Waals surface area contributed by atoms with Crippen molar-refractivity contribution in [3.63, 3.8) is 0 Å². The first-order valence-corrected chi connectivity index (χ1v) is 6.99. The van der Waals surface area contributed by atoms with Gasteiger partial charge in [-0.1, -0.05) is 24.3 Å². The molecule has 0 atom stereocenters. The molecule has 0 saturated heterocycles. The maximum Gasteiger partial charge on any atom is 0.309 e. The molecule has 1 saturated carbocycles. The van der Waals surface area contributed by atoms with E-state index in [1.54, 1.807) is 0 Å². The van der Waals surface area contributed by atoms with Crippen LogP contribution in [0, 0.1) is 11.3 Å². The van der Waals surface area contributed by atoms with E-state index in [9.17, 15) is 4.79 Å². The van der Waals surface area contributed by atoms with Crippen molar-refractivity contribution in [3.8, 4) is 6.07 Å². The Hall–Kier alpha value is -1.86. The maximum absolute atomic E-state index is 11.5. The van der Waals surface area contributed by atoms with E-state index in [2.05, 4.69) is 17.0 Å². The first-order valence-electron chi connectivity index (χ1n) is 6.99. The third-order valence-corrected chi connectivity index (χ3v) is 3.63. The molecule has 0 bridgehead atoms. The van der Waals surface area contributed by atoms with Crippen molar-refractivity contribution in [1.82, 2.24) is 4.90 Å². The van der Waals surface area contributed by atoms with E-state index < -0.39 is 0 Å². The Morgan fingerprint density at radius 2 is 2.10 bits per heavy atom. The summed E-state index contributed by atoms with van der Waals surface area (Å²) in [6.07, 6.45) is 3.29. The lowest BCUT2D eigenvalue weighted by molar-refractivity contribution is -0.139. The monoisotopic (exact) mass is 272 g/mol. The standard InChI is InChI=1S/C16H20N2O2/c1-20-16(19)11-13-5-2-3-6-14(13)12-18(10-4-9-17)15-7-8-15/h2-3,5-6,15H,4,7-8,10-12H2,1H3. The van der Waals surface area contributed by atoms with Gasteiger partial charge in [0.25, 0.3) is 0 Å². The van der Waals surface area contributed by atoms with Gasteiger partial charge in [-0.15, -0.1) is 0 Å². The topological polar surface area (TPSA) is 53.3 Å². The van der Waals surface area contributed by atoms with Crippen molar-refractivity contribution in [1.29, 1.82) is 5.26 Å². The fraction of sp³-hybridized carbons (Fsp3) is 0.500. The summed E-state index contributed by atoms with van der Waals surface area (Å²) in [4.78, 5) is 13.8. The van der Waals surface area contributed by atoms with Crippen molar-refractivity contribution in [2.24, 2.45) is 0 Å². The molecule has 0 radical (unpaired) electrons. The number of esters is 1. The van der Waals surface area contributed by atoms with Gasteiger partial charge < -0.3 is 4.74 Å². The normalized spacial score (nSPS) is 14.1. The molecule has 0 aliphatic heterocycles. The molecular weight excluding hydrogens is 252 g/mol. The van der Waals surface area contributed by atoms with Crippen LogP contribution < -0.4 is 0 Å². The van der Waals surface area contributed by atoms with E-state index in [4.69, 9.17) is 10.00 Å². The molecule has 4 heteroatoms. The predicted molar refractivity (Wildman–Crippen MR) is 75.8 cm³/mol. The molecule has 2 rings (SSSR count). The van der Waals surface area contributed by atoms with Gasteiger partial charge in [0, 0.05) is 25.6 Å². The van der Waals surface area contributed by atoms with E-state index in [0.717, 1.165) is 24.2 Å². The van der Waals surface area contributed by atoms with Crippen LogP contribution in [0.1, 0.15) is 30.4 Å². The summed E-state index contributed by atoms with van der Waals surface area (Å²) in [6.45, 7) is 1.60. The molecule has 0 heterocycles. The summed E-state index contributed by atoms with van der Waals surface area (Å²) in [5.41, 5.74) is 2.17. The highest BCUT2D eigenvalue weighted by atomic mass is 16.5. The lowest BCUT2D eigenvalue weighted by Gasteiger charge is -2.22. The Bertz CT molecular complexity index is 503. The highest BCUT2D eigenvalue weighted by Crippen LogP contribution is 2.29. The van der Waals surface area contributed by atoms with Crippen LogP contribution in [-0.4, -0.2) is 30.6 Å². The molecule has 1 aromatic rings. The quantitative estimate of drug-likeness (QED) is 0.715. The Morgan fingerprint density at radius 1 is 1.40 bits per heavy atom. The first-order chi connectivity index (χ1) is 9.74. The summed E-state index contributed by atoms with van der Waals surface area (Å²) >= 11 is 0. The van der Waals surface area contributed by atoms with E-state index >= 15 is 0 Å². The predicted octanol–water partition coefficient (Wildman–Crippen LogP) is 2.28. The third kappa shape index (κ3) is 4.07. The second-order valence-corrected chi connectivity index (χ2v) is 5.13. The molecule has 1 aromatic carbocycles. The van der Waals surface area contributed by atoms with Crippen LogP contribution in [0.25, 0.3) is 0 Å². The zero-order valence-electron chi connectivity index (χ0n) is 11.8. The number of carbonyl (C=O) groups is 1. The van der Waals surface area contributed by atoms with Crippen molar-refractivity contribution in [3.05, 3.63) is 35.4 Å². The summed E-state index contributed by atoms with van der Waals surface area (Å²) in [6, 6.07) is 10.8. The van der Waals surface area contributed by atoms with Gasteiger partial charge in [-0.05, 0) is 24.0 Å². The van der Waals surface area contributed by atoms with Crippen LogP contribution in [-0.2, 0) is 22.5 Å². The number of nitrogens with zero attached hydrogens (tertiary/aromatic N) is 2. The molecule has 1 aliphatic carbocycles. The molecule has 1 fully saturated rings. The van der Waals surface area contributed by atoms with Gasteiger partial charge in [0.2, 0.25) is 0 Å². The van der Waals surface area contributed by atoms with Crippen LogP contribution in [0.2, 0.25) is 0 Å². The van der Waals surface area contributed by atoms with E-state index in [-0.39, 0.29) is 5.97 Å². The molecule has 4 nitrogen and oxygen atoms in total. The minimum Gasteiger partial charge on any atom is -0.469 e. The first kappa shape index (κ1) is 14.5. The van der Waals surface area contributed by atoms with Gasteiger partial charge in [0.15, 0.2) is 0 Å². The Kier molecular flexibility index (Phi) is 5.14. The molecule has 106 valence electrons. The summed E-state index contributed by atoms with van der Waals surface area (Å²) in [7, 11) is 1.41. The van der Waals surface area contributed by atoms with E-state index in [0.29, 0.717) is 18.9 Å². The second kappa shape index (κ2) is 7.06. The highest BCUT2D eigenvalue weighted by molar-refractivity contribution is 5.72. The van der Waals surface area contributed by atoms with Crippen LogP contribution in [0.4, 0.5) is 0 Å². The molecular formula is C16H20N2O2. The van der Waals surface area contributed by atoms with Crippen LogP contribution in [0.3, 0.4) is 0 Å². The minimum atomic E-state index is -0.215.